The van der Waals surface area contributed by atoms with Gasteiger partial charge in [0.05, 0.1) is 4.90 Å². The first-order valence-electron chi connectivity index (χ1n) is 6.20. The van der Waals surface area contributed by atoms with Gasteiger partial charge in [-0.1, -0.05) is 26.0 Å². The van der Waals surface area contributed by atoms with E-state index in [1.807, 2.05) is 13.8 Å². The lowest BCUT2D eigenvalue weighted by molar-refractivity contribution is -0.123. The monoisotopic (exact) mass is 295 g/mol. The van der Waals surface area contributed by atoms with Crippen LogP contribution in [0.15, 0.2) is 34.2 Å². The molecule has 108 valence electrons. The second kappa shape index (κ2) is 4.59. The molecule has 1 aliphatic rings. The van der Waals surface area contributed by atoms with Gasteiger partial charge in [-0.05, 0) is 25.0 Å². The fourth-order valence-corrected chi connectivity index (χ4v) is 3.15. The van der Waals surface area contributed by atoms with E-state index in [9.17, 15) is 13.2 Å². The molecule has 0 spiro atoms. The van der Waals surface area contributed by atoms with Crippen molar-refractivity contribution in [3.05, 3.63) is 29.8 Å². The maximum atomic E-state index is 12.0. The van der Waals surface area contributed by atoms with Gasteiger partial charge in [0.25, 0.3) is 10.0 Å². The molecule has 3 N–H and O–H groups in total. The SMILES string of the molecule is CC(C)C(C)(N=C1NS(=O)(=O)c2ccccc21)C(N)=O. The lowest BCUT2D eigenvalue weighted by atomic mass is 9.88. The van der Waals surface area contributed by atoms with Crippen molar-refractivity contribution in [2.24, 2.45) is 16.6 Å². The van der Waals surface area contributed by atoms with Crippen LogP contribution in [0.25, 0.3) is 0 Å². The van der Waals surface area contributed by atoms with E-state index in [4.69, 9.17) is 5.73 Å². The number of nitrogens with one attached hydrogen (secondary N) is 1. The zero-order chi connectivity index (χ0) is 15.1. The van der Waals surface area contributed by atoms with Crippen molar-refractivity contribution in [1.82, 2.24) is 4.72 Å². The Morgan fingerprint density at radius 1 is 1.35 bits per heavy atom. The van der Waals surface area contributed by atoms with Gasteiger partial charge in [-0.15, -0.1) is 0 Å². The Bertz CT molecular complexity index is 695. The first-order valence-corrected chi connectivity index (χ1v) is 7.69. The lowest BCUT2D eigenvalue weighted by Crippen LogP contribution is -2.45. The number of hydrogen-bond acceptors (Lipinski definition) is 4. The van der Waals surface area contributed by atoms with Crippen LogP contribution in [0.3, 0.4) is 0 Å². The molecule has 20 heavy (non-hydrogen) atoms. The van der Waals surface area contributed by atoms with Crippen molar-refractivity contribution in [3.63, 3.8) is 0 Å². The molecule has 1 amide bonds. The maximum Gasteiger partial charge on any atom is 0.263 e. The van der Waals surface area contributed by atoms with E-state index in [2.05, 4.69) is 9.71 Å². The van der Waals surface area contributed by atoms with Gasteiger partial charge in [0, 0.05) is 5.56 Å². The minimum atomic E-state index is -3.61. The molecule has 6 nitrogen and oxygen atoms in total. The molecule has 1 atom stereocenters. The van der Waals surface area contributed by atoms with Gasteiger partial charge >= 0.3 is 0 Å². The Morgan fingerprint density at radius 3 is 2.50 bits per heavy atom. The number of fused-ring (bicyclic) bond motifs is 1. The van der Waals surface area contributed by atoms with Crippen molar-refractivity contribution in [2.75, 3.05) is 0 Å². The molecule has 1 aliphatic heterocycles. The number of amides is 1. The Labute approximate surface area is 118 Å². The van der Waals surface area contributed by atoms with E-state index in [-0.39, 0.29) is 16.6 Å². The summed E-state index contributed by atoms with van der Waals surface area (Å²) in [7, 11) is -3.61. The third-order valence-electron chi connectivity index (χ3n) is 3.63. The van der Waals surface area contributed by atoms with E-state index < -0.39 is 21.5 Å². The summed E-state index contributed by atoms with van der Waals surface area (Å²) >= 11 is 0. The standard InChI is InChI=1S/C13H17N3O3S/c1-8(2)13(3,12(14)17)15-11-9-6-4-5-7-10(9)20(18,19)16-11/h4-8H,1-3H3,(H2,14,17)(H,15,16). The summed E-state index contributed by atoms with van der Waals surface area (Å²) in [6.45, 7) is 5.22. The number of nitrogens with zero attached hydrogens (tertiary/aromatic N) is 1. The summed E-state index contributed by atoms with van der Waals surface area (Å²) in [6.07, 6.45) is 0. The van der Waals surface area contributed by atoms with Crippen molar-refractivity contribution >= 4 is 21.8 Å². The second-order valence-electron chi connectivity index (χ2n) is 5.23. The molecule has 1 heterocycles. The molecule has 1 aromatic rings. The summed E-state index contributed by atoms with van der Waals surface area (Å²) in [5, 5.41) is 0. The molecular weight excluding hydrogens is 278 g/mol. The van der Waals surface area contributed by atoms with Gasteiger partial charge in [-0.2, -0.15) is 0 Å². The average molecular weight is 295 g/mol. The van der Waals surface area contributed by atoms with Gasteiger partial charge in [0.15, 0.2) is 0 Å². The highest BCUT2D eigenvalue weighted by Gasteiger charge is 2.38. The first-order chi connectivity index (χ1) is 9.18. The van der Waals surface area contributed by atoms with Crippen molar-refractivity contribution < 1.29 is 13.2 Å². The predicted molar refractivity (Wildman–Crippen MR) is 75.7 cm³/mol. The Hall–Kier alpha value is -1.89. The number of rotatable bonds is 3. The molecule has 1 aromatic carbocycles. The van der Waals surface area contributed by atoms with E-state index in [0.717, 1.165) is 0 Å². The maximum absolute atomic E-state index is 12.0. The molecule has 0 aliphatic carbocycles. The highest BCUT2D eigenvalue weighted by molar-refractivity contribution is 7.90. The van der Waals surface area contributed by atoms with Crippen LogP contribution >= 0.6 is 0 Å². The normalized spacial score (nSPS) is 21.3. The van der Waals surface area contributed by atoms with Gasteiger partial charge < -0.3 is 5.73 Å². The van der Waals surface area contributed by atoms with E-state index in [0.29, 0.717) is 5.56 Å². The van der Waals surface area contributed by atoms with Crippen LogP contribution in [-0.4, -0.2) is 25.7 Å². The van der Waals surface area contributed by atoms with Crippen LogP contribution in [0.1, 0.15) is 26.3 Å². The molecule has 0 fully saturated rings. The molecule has 1 unspecified atom stereocenters. The molecule has 0 saturated heterocycles. The summed E-state index contributed by atoms with van der Waals surface area (Å²) in [6, 6.07) is 6.50. The van der Waals surface area contributed by atoms with Crippen LogP contribution in [0.4, 0.5) is 0 Å². The quantitative estimate of drug-likeness (QED) is 0.854. The molecule has 0 bridgehead atoms. The number of sulfonamides is 1. The van der Waals surface area contributed by atoms with Crippen molar-refractivity contribution in [1.29, 1.82) is 0 Å². The summed E-state index contributed by atoms with van der Waals surface area (Å²) in [5.74, 6) is -0.594. The second-order valence-corrected chi connectivity index (χ2v) is 6.88. The van der Waals surface area contributed by atoms with Crippen molar-refractivity contribution in [2.45, 2.75) is 31.2 Å². The Balaban J connectivity index is 2.61. The topological polar surface area (TPSA) is 102 Å². The van der Waals surface area contributed by atoms with Gasteiger partial charge in [0.2, 0.25) is 5.91 Å². The molecule has 2 rings (SSSR count). The predicted octanol–water partition coefficient (Wildman–Crippen LogP) is 0.625. The largest absolute Gasteiger partial charge is 0.368 e. The van der Waals surface area contributed by atoms with Crippen LogP contribution in [0.5, 0.6) is 0 Å². The smallest absolute Gasteiger partial charge is 0.263 e. The minimum absolute atomic E-state index is 0.161. The average Bonchev–Trinajstić information content (AvgIpc) is 2.61. The zero-order valence-electron chi connectivity index (χ0n) is 11.5. The van der Waals surface area contributed by atoms with E-state index in [1.165, 1.54) is 6.07 Å². The Morgan fingerprint density at radius 2 is 1.95 bits per heavy atom. The molecule has 0 saturated carbocycles. The zero-order valence-corrected chi connectivity index (χ0v) is 12.4. The third kappa shape index (κ3) is 2.18. The number of amidine groups is 1. The number of benzene rings is 1. The van der Waals surface area contributed by atoms with Crippen LogP contribution < -0.4 is 10.5 Å². The number of carbonyl (C=O) groups is 1. The Kier molecular flexibility index (Phi) is 3.33. The van der Waals surface area contributed by atoms with Gasteiger partial charge in [-0.25, -0.2) is 8.42 Å². The minimum Gasteiger partial charge on any atom is -0.368 e. The number of nitrogens with two attached hydrogens (primary N) is 1. The molecule has 7 heteroatoms. The van der Waals surface area contributed by atoms with Crippen LogP contribution in [-0.2, 0) is 14.8 Å². The number of aliphatic imine (C=N–C) groups is 1. The third-order valence-corrected chi connectivity index (χ3v) is 5.03. The van der Waals surface area contributed by atoms with Crippen LogP contribution in [0.2, 0.25) is 0 Å². The highest BCUT2D eigenvalue weighted by Crippen LogP contribution is 2.27. The highest BCUT2D eigenvalue weighted by atomic mass is 32.2. The van der Waals surface area contributed by atoms with Gasteiger partial charge in [-0.3, -0.25) is 14.5 Å². The van der Waals surface area contributed by atoms with Gasteiger partial charge in [0.1, 0.15) is 11.4 Å². The van der Waals surface area contributed by atoms with Crippen molar-refractivity contribution in [3.8, 4) is 0 Å². The van der Waals surface area contributed by atoms with E-state index >= 15 is 0 Å². The molecule has 0 radical (unpaired) electrons. The molecule has 0 aromatic heterocycles. The molecular formula is C13H17N3O3S. The summed E-state index contributed by atoms with van der Waals surface area (Å²) in [4.78, 5) is 16.1. The number of hydrogen-bond donors (Lipinski definition) is 2. The first kappa shape index (κ1) is 14.5. The fraction of sp³-hybridized carbons (Fsp3) is 0.385. The number of carbonyl (C=O) groups excluding carboxylic acids is 1. The lowest BCUT2D eigenvalue weighted by Gasteiger charge is -2.26. The fourth-order valence-electron chi connectivity index (χ4n) is 1.92. The number of primary amides is 1. The van der Waals surface area contributed by atoms with E-state index in [1.54, 1.807) is 25.1 Å². The van der Waals surface area contributed by atoms with Crippen LogP contribution in [0, 0.1) is 5.92 Å². The summed E-state index contributed by atoms with van der Waals surface area (Å²) < 4.78 is 26.3. The summed E-state index contributed by atoms with van der Waals surface area (Å²) in [5.41, 5.74) is 4.70.